The van der Waals surface area contributed by atoms with E-state index < -0.39 is 5.63 Å². The number of aryl methyl sites for hydroxylation is 1. The molecule has 0 unspecified atom stereocenters. The first-order valence-corrected chi connectivity index (χ1v) is 7.61. The fourth-order valence-corrected chi connectivity index (χ4v) is 2.46. The molecule has 0 aliphatic rings. The fraction of sp³-hybridized carbons (Fsp3) is 0.0556. The smallest absolute Gasteiger partial charge is 0.337 e. The monoisotopic (exact) mass is 334 g/mol. The number of anilines is 2. The summed E-state index contributed by atoms with van der Waals surface area (Å²) in [5, 5.41) is 7.22. The lowest BCUT2D eigenvalue weighted by molar-refractivity contribution is 0.478. The zero-order valence-electron chi connectivity index (χ0n) is 13.3. The van der Waals surface area contributed by atoms with E-state index in [1.165, 1.54) is 18.7 Å². The molecule has 0 radical (unpaired) electrons. The second-order valence-electron chi connectivity index (χ2n) is 5.47. The Kier molecular flexibility index (Phi) is 3.66. The number of hydrogen-bond donors (Lipinski definition) is 1. The van der Waals surface area contributed by atoms with E-state index in [4.69, 9.17) is 9.15 Å². The Labute approximate surface area is 142 Å². The van der Waals surface area contributed by atoms with Gasteiger partial charge in [0.1, 0.15) is 17.8 Å². The van der Waals surface area contributed by atoms with Gasteiger partial charge in [0.2, 0.25) is 0 Å². The Morgan fingerprint density at radius 3 is 2.84 bits per heavy atom. The highest BCUT2D eigenvalue weighted by molar-refractivity contribution is 5.61. The molecule has 4 rings (SSSR count). The molecule has 0 spiro atoms. The normalized spacial score (nSPS) is 10.8. The molecule has 0 atom stereocenters. The number of fused-ring (bicyclic) bond motifs is 1. The molecule has 25 heavy (non-hydrogen) atoms. The van der Waals surface area contributed by atoms with Crippen molar-refractivity contribution in [3.63, 3.8) is 0 Å². The molecule has 0 aliphatic heterocycles. The minimum absolute atomic E-state index is 0.398. The van der Waals surface area contributed by atoms with Crippen LogP contribution in [0.15, 0.2) is 70.5 Å². The summed E-state index contributed by atoms with van der Waals surface area (Å²) < 4.78 is 12.3. The van der Waals surface area contributed by atoms with Crippen molar-refractivity contribution < 1.29 is 9.15 Å². The Bertz CT molecular complexity index is 1100. The van der Waals surface area contributed by atoms with Gasteiger partial charge in [-0.2, -0.15) is 5.10 Å². The van der Waals surface area contributed by atoms with Crippen LogP contribution in [0.5, 0.6) is 11.5 Å². The predicted octanol–water partition coefficient (Wildman–Crippen LogP) is 3.53. The number of aromatic nitrogens is 3. The molecule has 0 fully saturated rings. The van der Waals surface area contributed by atoms with Crippen LogP contribution in [0.2, 0.25) is 0 Å². The average molecular weight is 334 g/mol. The lowest BCUT2D eigenvalue weighted by atomic mass is 10.2. The molecule has 0 saturated heterocycles. The molecule has 124 valence electrons. The summed E-state index contributed by atoms with van der Waals surface area (Å²) in [6.45, 7) is 1.95. The maximum absolute atomic E-state index is 11.2. The molecule has 7 heteroatoms. The van der Waals surface area contributed by atoms with Gasteiger partial charge in [0.25, 0.3) is 0 Å². The van der Waals surface area contributed by atoms with E-state index in [0.717, 1.165) is 22.6 Å². The van der Waals surface area contributed by atoms with E-state index in [1.807, 2.05) is 37.3 Å². The number of nitrogens with zero attached hydrogens (tertiary/aromatic N) is 3. The van der Waals surface area contributed by atoms with Crippen LogP contribution >= 0.6 is 0 Å². The van der Waals surface area contributed by atoms with Crippen molar-refractivity contribution in [1.82, 2.24) is 14.6 Å². The van der Waals surface area contributed by atoms with Gasteiger partial charge in [-0.15, -0.1) is 0 Å². The van der Waals surface area contributed by atoms with Gasteiger partial charge >= 0.3 is 5.63 Å². The summed E-state index contributed by atoms with van der Waals surface area (Å²) in [6, 6.07) is 12.4. The molecule has 3 aromatic heterocycles. The highest BCUT2D eigenvalue weighted by Gasteiger charge is 2.05. The van der Waals surface area contributed by atoms with Gasteiger partial charge < -0.3 is 14.5 Å². The highest BCUT2D eigenvalue weighted by atomic mass is 16.5. The first kappa shape index (κ1) is 14.9. The summed E-state index contributed by atoms with van der Waals surface area (Å²) in [7, 11) is 0. The summed E-state index contributed by atoms with van der Waals surface area (Å²) in [5.74, 6) is 1.42. The van der Waals surface area contributed by atoms with E-state index in [0.29, 0.717) is 11.4 Å². The van der Waals surface area contributed by atoms with Crippen molar-refractivity contribution in [3.8, 4) is 11.5 Å². The zero-order valence-corrected chi connectivity index (χ0v) is 13.3. The van der Waals surface area contributed by atoms with Gasteiger partial charge in [-0.3, -0.25) is 0 Å². The van der Waals surface area contributed by atoms with Crippen molar-refractivity contribution in [1.29, 1.82) is 0 Å². The fourth-order valence-electron chi connectivity index (χ4n) is 2.46. The van der Waals surface area contributed by atoms with Gasteiger partial charge in [0, 0.05) is 29.7 Å². The van der Waals surface area contributed by atoms with E-state index in [1.54, 1.807) is 16.8 Å². The van der Waals surface area contributed by atoms with Crippen LogP contribution in [0.1, 0.15) is 5.56 Å². The molecule has 0 amide bonds. The third kappa shape index (κ3) is 3.20. The number of nitrogens with one attached hydrogen (secondary N) is 1. The molecule has 1 aromatic carbocycles. The second kappa shape index (κ2) is 6.12. The quantitative estimate of drug-likeness (QED) is 0.615. The molecular formula is C18H14N4O3. The van der Waals surface area contributed by atoms with Gasteiger partial charge in [0.05, 0.1) is 6.26 Å². The molecule has 7 nitrogen and oxygen atoms in total. The molecule has 1 N–H and O–H groups in total. The summed E-state index contributed by atoms with van der Waals surface area (Å²) in [4.78, 5) is 15.4. The van der Waals surface area contributed by atoms with Crippen LogP contribution in [-0.4, -0.2) is 14.6 Å². The topological polar surface area (TPSA) is 81.7 Å². The minimum Gasteiger partial charge on any atom is -0.457 e. The molecule has 4 aromatic rings. The van der Waals surface area contributed by atoms with Crippen molar-refractivity contribution in [2.45, 2.75) is 6.92 Å². The molecule has 0 aliphatic carbocycles. The Morgan fingerprint density at radius 1 is 1.12 bits per heavy atom. The standard InChI is InChI=1S/C18H14N4O3/c1-12-8-13(21-14-5-7-24-18(23)9-14)2-3-16(12)25-15-4-6-22-17(10-15)19-11-20-22/h2-11,21H,1H3. The van der Waals surface area contributed by atoms with Crippen molar-refractivity contribution in [3.05, 3.63) is 77.2 Å². The highest BCUT2D eigenvalue weighted by Crippen LogP contribution is 2.28. The number of pyridine rings is 1. The summed E-state index contributed by atoms with van der Waals surface area (Å²) in [6.07, 6.45) is 4.65. The van der Waals surface area contributed by atoms with Crippen molar-refractivity contribution >= 4 is 17.0 Å². The Balaban J connectivity index is 1.55. The Hall–Kier alpha value is -3.61. The lowest BCUT2D eigenvalue weighted by Crippen LogP contribution is -1.99. The third-order valence-electron chi connectivity index (χ3n) is 3.65. The maximum Gasteiger partial charge on any atom is 0.337 e. The van der Waals surface area contributed by atoms with Gasteiger partial charge in [-0.05, 0) is 42.8 Å². The zero-order chi connectivity index (χ0) is 17.2. The summed E-state index contributed by atoms with van der Waals surface area (Å²) in [5.41, 5.74) is 2.79. The number of ether oxygens (including phenoxy) is 1. The van der Waals surface area contributed by atoms with Crippen LogP contribution in [0.3, 0.4) is 0 Å². The molecule has 0 bridgehead atoms. The van der Waals surface area contributed by atoms with E-state index in [9.17, 15) is 4.79 Å². The van der Waals surface area contributed by atoms with Crippen LogP contribution in [0, 0.1) is 6.92 Å². The molecular weight excluding hydrogens is 320 g/mol. The number of rotatable bonds is 4. The summed E-state index contributed by atoms with van der Waals surface area (Å²) >= 11 is 0. The SMILES string of the molecule is Cc1cc(Nc2ccoc(=O)c2)ccc1Oc1ccn2ncnc2c1. The third-order valence-corrected chi connectivity index (χ3v) is 3.65. The van der Waals surface area contributed by atoms with E-state index in [-0.39, 0.29) is 0 Å². The minimum atomic E-state index is -0.398. The largest absolute Gasteiger partial charge is 0.457 e. The number of benzene rings is 1. The van der Waals surface area contributed by atoms with Crippen molar-refractivity contribution in [2.24, 2.45) is 0 Å². The van der Waals surface area contributed by atoms with Crippen molar-refractivity contribution in [2.75, 3.05) is 5.32 Å². The first-order valence-electron chi connectivity index (χ1n) is 7.61. The lowest BCUT2D eigenvalue weighted by Gasteiger charge is -2.11. The molecule has 0 saturated carbocycles. The van der Waals surface area contributed by atoms with Gasteiger partial charge in [0.15, 0.2) is 5.65 Å². The van der Waals surface area contributed by atoms with Crippen LogP contribution in [0.25, 0.3) is 5.65 Å². The predicted molar refractivity (Wildman–Crippen MR) is 92.5 cm³/mol. The van der Waals surface area contributed by atoms with E-state index in [2.05, 4.69) is 15.4 Å². The van der Waals surface area contributed by atoms with E-state index >= 15 is 0 Å². The average Bonchev–Trinajstić information content (AvgIpc) is 3.05. The maximum atomic E-state index is 11.2. The second-order valence-corrected chi connectivity index (χ2v) is 5.47. The van der Waals surface area contributed by atoms with Gasteiger partial charge in [-0.1, -0.05) is 0 Å². The molecule has 3 heterocycles. The van der Waals surface area contributed by atoms with Crippen LogP contribution in [0.4, 0.5) is 11.4 Å². The number of hydrogen-bond acceptors (Lipinski definition) is 6. The van der Waals surface area contributed by atoms with Gasteiger partial charge in [-0.25, -0.2) is 14.3 Å². The van der Waals surface area contributed by atoms with Crippen LogP contribution < -0.4 is 15.7 Å². The first-order chi connectivity index (χ1) is 12.2. The van der Waals surface area contributed by atoms with Crippen LogP contribution in [-0.2, 0) is 0 Å². The Morgan fingerprint density at radius 2 is 2.00 bits per heavy atom.